The van der Waals surface area contributed by atoms with E-state index in [9.17, 15) is 10.0 Å². The maximum atomic E-state index is 12.9. The van der Waals surface area contributed by atoms with Gasteiger partial charge in [0, 0.05) is 6.42 Å². The molecule has 1 heterocycles. The predicted molar refractivity (Wildman–Crippen MR) is 108 cm³/mol. The molecule has 159 valence electrons. The zero-order chi connectivity index (χ0) is 20.2. The molecule has 0 aromatic heterocycles. The van der Waals surface area contributed by atoms with Crippen LogP contribution < -0.4 is 0 Å². The monoisotopic (exact) mass is 384 g/mol. The van der Waals surface area contributed by atoms with Crippen LogP contribution in [-0.2, 0) is 14.7 Å². The number of hydroxylamine groups is 2. The molecule has 0 bridgehead atoms. The van der Waals surface area contributed by atoms with E-state index in [4.69, 9.17) is 9.84 Å². The van der Waals surface area contributed by atoms with E-state index >= 15 is 0 Å². The Balaban J connectivity index is 2.32. The summed E-state index contributed by atoms with van der Waals surface area (Å²) in [6, 6.07) is 0. The van der Waals surface area contributed by atoms with Gasteiger partial charge in [-0.05, 0) is 46.0 Å². The number of hydrogen-bond acceptors (Lipinski definition) is 3. The first-order chi connectivity index (χ1) is 12.8. The zero-order valence-electron chi connectivity index (χ0n) is 17.9. The Hall–Kier alpha value is -0.650. The van der Waals surface area contributed by atoms with E-state index in [2.05, 4.69) is 6.92 Å². The first kappa shape index (κ1) is 24.4. The molecule has 1 rings (SSSR count). The molecule has 1 aliphatic rings. The summed E-state index contributed by atoms with van der Waals surface area (Å²) in [5.74, 6) is -0.747. The Morgan fingerprint density at radius 1 is 0.889 bits per heavy atom. The van der Waals surface area contributed by atoms with Gasteiger partial charge in [0.15, 0.2) is 0 Å². The van der Waals surface area contributed by atoms with Gasteiger partial charge in [-0.1, -0.05) is 64.7 Å². The number of rotatable bonds is 16. The third-order valence-corrected chi connectivity index (χ3v) is 5.74. The average molecular weight is 385 g/mol. The topological polar surface area (TPSA) is 69.7 Å². The summed E-state index contributed by atoms with van der Waals surface area (Å²) in [6.45, 7) is 6.61. The number of aliphatic carboxylic acids is 1. The van der Waals surface area contributed by atoms with Crippen molar-refractivity contribution in [3.05, 3.63) is 0 Å². The van der Waals surface area contributed by atoms with E-state index < -0.39 is 17.2 Å². The molecular weight excluding hydrogens is 342 g/mol. The summed E-state index contributed by atoms with van der Waals surface area (Å²) in [5, 5.41) is 22.8. The Labute approximate surface area is 166 Å². The summed E-state index contributed by atoms with van der Waals surface area (Å²) in [6.07, 6.45) is 15.4. The van der Waals surface area contributed by atoms with Crippen LogP contribution in [0.3, 0.4) is 0 Å². The van der Waals surface area contributed by atoms with Crippen LogP contribution >= 0.6 is 0 Å². The van der Waals surface area contributed by atoms with Crippen molar-refractivity contribution >= 4 is 5.97 Å². The third-order valence-electron chi connectivity index (χ3n) is 5.74. The van der Waals surface area contributed by atoms with Gasteiger partial charge in [-0.3, -0.25) is 4.79 Å². The Kier molecular flexibility index (Phi) is 11.5. The van der Waals surface area contributed by atoms with Crippen molar-refractivity contribution in [1.82, 2.24) is 5.06 Å². The van der Waals surface area contributed by atoms with Gasteiger partial charge in [-0.2, -0.15) is 0 Å². The van der Waals surface area contributed by atoms with Gasteiger partial charge in [0.25, 0.3) is 0 Å². The van der Waals surface area contributed by atoms with Crippen molar-refractivity contribution in [3.8, 4) is 0 Å². The standard InChI is InChI=1S/C22H42NO4/c1-4-5-6-7-8-9-10-11-14-17-22(18-15-12-13-16-20(24)25)23(26)21(2,3)19-27-22/h4-19H2,1-3H3,(H,24,25). The molecule has 27 heavy (non-hydrogen) atoms. The van der Waals surface area contributed by atoms with Gasteiger partial charge < -0.3 is 9.84 Å². The largest absolute Gasteiger partial charge is 0.481 e. The number of nitrogens with zero attached hydrogens (tertiary/aromatic N) is 1. The molecule has 0 aliphatic carbocycles. The third kappa shape index (κ3) is 8.93. The van der Waals surface area contributed by atoms with Crippen LogP contribution in [0.25, 0.3) is 0 Å². The van der Waals surface area contributed by atoms with E-state index in [0.717, 1.165) is 32.1 Å². The number of carboxylic acid groups (broad SMARTS) is 1. The van der Waals surface area contributed by atoms with Crippen LogP contribution in [0.4, 0.5) is 0 Å². The first-order valence-corrected chi connectivity index (χ1v) is 11.2. The highest BCUT2D eigenvalue weighted by Gasteiger charge is 2.51. The second-order valence-electron chi connectivity index (χ2n) is 8.87. The second-order valence-corrected chi connectivity index (χ2v) is 8.87. The molecule has 0 amide bonds. The molecule has 1 aliphatic heterocycles. The highest BCUT2D eigenvalue weighted by molar-refractivity contribution is 5.66. The minimum atomic E-state index is -0.747. The molecule has 0 spiro atoms. The van der Waals surface area contributed by atoms with Crippen LogP contribution in [0.1, 0.15) is 117 Å². The molecule has 5 heteroatoms. The fourth-order valence-corrected chi connectivity index (χ4v) is 4.02. The zero-order valence-corrected chi connectivity index (χ0v) is 17.9. The molecule has 1 N–H and O–H groups in total. The van der Waals surface area contributed by atoms with Crippen molar-refractivity contribution in [2.75, 3.05) is 6.61 Å². The minimum absolute atomic E-state index is 0.207. The number of unbranched alkanes of at least 4 members (excludes halogenated alkanes) is 10. The fourth-order valence-electron chi connectivity index (χ4n) is 4.02. The van der Waals surface area contributed by atoms with Crippen molar-refractivity contribution in [3.63, 3.8) is 0 Å². The van der Waals surface area contributed by atoms with Crippen molar-refractivity contribution in [2.45, 2.75) is 128 Å². The molecule has 0 aromatic rings. The minimum Gasteiger partial charge on any atom is -0.481 e. The molecule has 1 saturated heterocycles. The molecule has 0 aromatic carbocycles. The number of carboxylic acids is 1. The van der Waals surface area contributed by atoms with Gasteiger partial charge in [-0.25, -0.2) is 0 Å². The lowest BCUT2D eigenvalue weighted by Crippen LogP contribution is -2.49. The maximum absolute atomic E-state index is 12.9. The summed E-state index contributed by atoms with van der Waals surface area (Å²) in [4.78, 5) is 10.6. The van der Waals surface area contributed by atoms with E-state index in [1.54, 1.807) is 0 Å². The molecule has 1 fully saturated rings. The summed E-state index contributed by atoms with van der Waals surface area (Å²) >= 11 is 0. The van der Waals surface area contributed by atoms with E-state index in [1.807, 2.05) is 13.8 Å². The lowest BCUT2D eigenvalue weighted by molar-refractivity contribution is -0.296. The smallest absolute Gasteiger partial charge is 0.303 e. The average Bonchev–Trinajstić information content (AvgIpc) is 2.84. The van der Waals surface area contributed by atoms with Crippen LogP contribution in [0.5, 0.6) is 0 Å². The highest BCUT2D eigenvalue weighted by Crippen LogP contribution is 2.40. The van der Waals surface area contributed by atoms with E-state index in [-0.39, 0.29) is 6.42 Å². The lowest BCUT2D eigenvalue weighted by Gasteiger charge is -2.35. The van der Waals surface area contributed by atoms with Gasteiger partial charge in [0.2, 0.25) is 0 Å². The SMILES string of the molecule is CCCCCCCCCCCC1(CCCCCC(=O)O)OCC(C)(C)N1[O]. The van der Waals surface area contributed by atoms with Gasteiger partial charge in [0.05, 0.1) is 12.1 Å². The lowest BCUT2D eigenvalue weighted by atomic mass is 9.95. The van der Waals surface area contributed by atoms with Gasteiger partial charge >= 0.3 is 5.97 Å². The van der Waals surface area contributed by atoms with Crippen molar-refractivity contribution in [1.29, 1.82) is 0 Å². The highest BCUT2D eigenvalue weighted by atomic mass is 16.6. The molecule has 1 atom stereocenters. The predicted octanol–water partition coefficient (Wildman–Crippen LogP) is 6.10. The number of carbonyl (C=O) groups is 1. The second kappa shape index (κ2) is 12.7. The molecule has 1 unspecified atom stereocenters. The first-order valence-electron chi connectivity index (χ1n) is 11.2. The number of hydrogen-bond donors (Lipinski definition) is 1. The molecule has 1 radical (unpaired) electrons. The number of ether oxygens (including phenoxy) is 1. The Bertz CT molecular complexity index is 413. The maximum Gasteiger partial charge on any atom is 0.303 e. The van der Waals surface area contributed by atoms with Crippen LogP contribution in [0.15, 0.2) is 0 Å². The summed E-state index contributed by atoms with van der Waals surface area (Å²) in [5.41, 5.74) is -1.17. The molecular formula is C22H42NO4. The summed E-state index contributed by atoms with van der Waals surface area (Å²) in [7, 11) is 0. The quantitative estimate of drug-likeness (QED) is 0.327. The Morgan fingerprint density at radius 2 is 1.37 bits per heavy atom. The van der Waals surface area contributed by atoms with Crippen LogP contribution in [-0.4, -0.2) is 34.0 Å². The normalized spacial score (nSPS) is 22.4. The summed E-state index contributed by atoms with van der Waals surface area (Å²) < 4.78 is 6.06. The Morgan fingerprint density at radius 3 is 1.81 bits per heavy atom. The van der Waals surface area contributed by atoms with Gasteiger partial charge in [0.1, 0.15) is 5.72 Å². The molecule has 0 saturated carbocycles. The van der Waals surface area contributed by atoms with Crippen LogP contribution in [0.2, 0.25) is 0 Å². The van der Waals surface area contributed by atoms with E-state index in [0.29, 0.717) is 19.4 Å². The van der Waals surface area contributed by atoms with Crippen molar-refractivity contribution < 1.29 is 19.8 Å². The van der Waals surface area contributed by atoms with Crippen LogP contribution in [0, 0.1) is 0 Å². The van der Waals surface area contributed by atoms with E-state index in [1.165, 1.54) is 50.0 Å². The molecule has 5 nitrogen and oxygen atoms in total. The fraction of sp³-hybridized carbons (Fsp3) is 0.955. The van der Waals surface area contributed by atoms with Crippen molar-refractivity contribution in [2.24, 2.45) is 0 Å². The van der Waals surface area contributed by atoms with Gasteiger partial charge in [-0.15, -0.1) is 10.3 Å².